The molecule has 1 saturated heterocycles. The van der Waals surface area contributed by atoms with Crippen molar-refractivity contribution in [1.29, 1.82) is 0 Å². The standard InChI is InChI=1S/C16H30N2/c1-14-5-4-8-16(13-14)18-11-9-17(10-12-18)15-6-2-3-7-15/h14-16H,2-13H2,1H3/p+2/t14-,16+/m0/s1. The van der Waals surface area contributed by atoms with E-state index < -0.39 is 0 Å². The van der Waals surface area contributed by atoms with Crippen molar-refractivity contribution in [2.45, 2.75) is 70.4 Å². The molecule has 0 aromatic carbocycles. The van der Waals surface area contributed by atoms with Crippen LogP contribution in [-0.2, 0) is 0 Å². The molecule has 0 aromatic heterocycles. The van der Waals surface area contributed by atoms with E-state index in [1.54, 1.807) is 0 Å². The quantitative estimate of drug-likeness (QED) is 0.699. The third-order valence-electron chi connectivity index (χ3n) is 5.98. The minimum absolute atomic E-state index is 0.997. The molecule has 0 unspecified atom stereocenters. The first kappa shape index (κ1) is 12.9. The molecular formula is C16H32N2+2. The van der Waals surface area contributed by atoms with Crippen LogP contribution in [0.5, 0.6) is 0 Å². The lowest BCUT2D eigenvalue weighted by Gasteiger charge is -2.39. The average Bonchev–Trinajstić information content (AvgIpc) is 2.93. The molecule has 2 saturated carbocycles. The van der Waals surface area contributed by atoms with Crippen molar-refractivity contribution >= 4 is 0 Å². The average molecular weight is 252 g/mol. The molecule has 2 nitrogen and oxygen atoms in total. The topological polar surface area (TPSA) is 8.88 Å². The van der Waals surface area contributed by atoms with E-state index in [1.807, 2.05) is 9.80 Å². The second kappa shape index (κ2) is 5.92. The second-order valence-electron chi connectivity index (χ2n) is 7.27. The van der Waals surface area contributed by atoms with Crippen LogP contribution in [0.1, 0.15) is 58.3 Å². The molecule has 3 aliphatic rings. The first-order valence-corrected chi connectivity index (χ1v) is 8.52. The molecule has 0 bridgehead atoms. The summed E-state index contributed by atoms with van der Waals surface area (Å²) < 4.78 is 0. The number of hydrogen-bond donors (Lipinski definition) is 2. The van der Waals surface area contributed by atoms with Crippen LogP contribution < -0.4 is 9.80 Å². The summed E-state index contributed by atoms with van der Waals surface area (Å²) >= 11 is 0. The summed E-state index contributed by atoms with van der Waals surface area (Å²) in [5, 5.41) is 0. The van der Waals surface area contributed by atoms with Crippen LogP contribution in [0.25, 0.3) is 0 Å². The Balaban J connectivity index is 1.47. The van der Waals surface area contributed by atoms with Gasteiger partial charge in [0.2, 0.25) is 0 Å². The van der Waals surface area contributed by atoms with Crippen molar-refractivity contribution in [3.63, 3.8) is 0 Å². The smallest absolute Gasteiger partial charge is 0.127 e. The fraction of sp³-hybridized carbons (Fsp3) is 1.00. The van der Waals surface area contributed by atoms with Gasteiger partial charge in [0.1, 0.15) is 26.2 Å². The monoisotopic (exact) mass is 252 g/mol. The maximum Gasteiger partial charge on any atom is 0.127 e. The van der Waals surface area contributed by atoms with Crippen LogP contribution in [0.15, 0.2) is 0 Å². The molecule has 1 aliphatic heterocycles. The summed E-state index contributed by atoms with van der Waals surface area (Å²) in [6.07, 6.45) is 12.1. The van der Waals surface area contributed by atoms with Gasteiger partial charge in [0.05, 0.1) is 12.1 Å². The lowest BCUT2D eigenvalue weighted by molar-refractivity contribution is -1.03. The zero-order valence-electron chi connectivity index (χ0n) is 12.2. The van der Waals surface area contributed by atoms with E-state index in [0.29, 0.717) is 0 Å². The lowest BCUT2D eigenvalue weighted by Crippen LogP contribution is -3.31. The van der Waals surface area contributed by atoms with Gasteiger partial charge in [-0.3, -0.25) is 0 Å². The summed E-state index contributed by atoms with van der Waals surface area (Å²) in [6.45, 7) is 8.31. The van der Waals surface area contributed by atoms with Crippen molar-refractivity contribution < 1.29 is 9.80 Å². The third kappa shape index (κ3) is 2.91. The molecule has 0 amide bonds. The van der Waals surface area contributed by atoms with E-state index in [2.05, 4.69) is 6.92 Å². The summed E-state index contributed by atoms with van der Waals surface area (Å²) in [7, 11) is 0. The van der Waals surface area contributed by atoms with E-state index >= 15 is 0 Å². The molecule has 2 heteroatoms. The largest absolute Gasteiger partial charge is 0.323 e. The van der Waals surface area contributed by atoms with Gasteiger partial charge >= 0.3 is 0 Å². The van der Waals surface area contributed by atoms with Crippen LogP contribution in [0, 0.1) is 5.92 Å². The van der Waals surface area contributed by atoms with E-state index in [0.717, 1.165) is 18.0 Å². The molecule has 2 N–H and O–H groups in total. The highest BCUT2D eigenvalue weighted by Crippen LogP contribution is 2.22. The van der Waals surface area contributed by atoms with Crippen LogP contribution in [0.3, 0.4) is 0 Å². The normalized spacial score (nSPS) is 43.2. The zero-order valence-corrected chi connectivity index (χ0v) is 12.2. The predicted molar refractivity (Wildman–Crippen MR) is 75.1 cm³/mol. The maximum absolute atomic E-state index is 2.46. The Morgan fingerprint density at radius 2 is 1.22 bits per heavy atom. The number of quaternary nitrogens is 2. The van der Waals surface area contributed by atoms with E-state index in [9.17, 15) is 0 Å². The molecule has 1 heterocycles. The fourth-order valence-corrected chi connectivity index (χ4v) is 4.85. The minimum atomic E-state index is 0.997. The Morgan fingerprint density at radius 3 is 1.83 bits per heavy atom. The molecule has 0 aromatic rings. The summed E-state index contributed by atoms with van der Waals surface area (Å²) in [5.41, 5.74) is 0. The number of rotatable bonds is 2. The molecule has 3 rings (SSSR count). The lowest BCUT2D eigenvalue weighted by atomic mass is 9.86. The van der Waals surface area contributed by atoms with Gasteiger partial charge in [0.25, 0.3) is 0 Å². The van der Waals surface area contributed by atoms with Gasteiger partial charge in [-0.15, -0.1) is 0 Å². The SMILES string of the molecule is C[C@H]1CCC[C@@H]([NH+]2CC[NH+](C3CCCC3)CC2)C1. The van der Waals surface area contributed by atoms with Gasteiger partial charge in [0, 0.05) is 6.42 Å². The summed E-state index contributed by atoms with van der Waals surface area (Å²) in [4.78, 5) is 3.92. The molecule has 18 heavy (non-hydrogen) atoms. The molecule has 2 aliphatic carbocycles. The van der Waals surface area contributed by atoms with Crippen LogP contribution in [-0.4, -0.2) is 38.3 Å². The first-order valence-electron chi connectivity index (χ1n) is 8.52. The number of piperazine rings is 1. The fourth-order valence-electron chi connectivity index (χ4n) is 4.85. The highest BCUT2D eigenvalue weighted by atomic mass is 15.3. The number of hydrogen-bond acceptors (Lipinski definition) is 0. The summed E-state index contributed by atoms with van der Waals surface area (Å²) in [6, 6.07) is 2.05. The molecular weight excluding hydrogens is 220 g/mol. The van der Waals surface area contributed by atoms with Gasteiger partial charge in [-0.25, -0.2) is 0 Å². The molecule has 3 fully saturated rings. The Labute approximate surface area is 113 Å². The van der Waals surface area contributed by atoms with Crippen molar-refractivity contribution in [3.05, 3.63) is 0 Å². The van der Waals surface area contributed by atoms with Gasteiger partial charge in [-0.2, -0.15) is 0 Å². The van der Waals surface area contributed by atoms with Gasteiger partial charge in [0.15, 0.2) is 0 Å². The maximum atomic E-state index is 2.46. The van der Waals surface area contributed by atoms with E-state index in [-0.39, 0.29) is 0 Å². The van der Waals surface area contributed by atoms with Crippen LogP contribution in [0.2, 0.25) is 0 Å². The zero-order chi connectivity index (χ0) is 12.4. The van der Waals surface area contributed by atoms with Gasteiger partial charge in [-0.05, 0) is 44.4 Å². The van der Waals surface area contributed by atoms with E-state index in [4.69, 9.17) is 0 Å². The predicted octanol–water partition coefficient (Wildman–Crippen LogP) is 0.291. The Hall–Kier alpha value is -0.0800. The van der Waals surface area contributed by atoms with Crippen molar-refractivity contribution in [3.8, 4) is 0 Å². The minimum Gasteiger partial charge on any atom is -0.323 e. The van der Waals surface area contributed by atoms with Gasteiger partial charge < -0.3 is 9.80 Å². The van der Waals surface area contributed by atoms with Crippen molar-refractivity contribution in [2.75, 3.05) is 26.2 Å². The molecule has 104 valence electrons. The van der Waals surface area contributed by atoms with Crippen molar-refractivity contribution in [2.24, 2.45) is 5.92 Å². The first-order chi connectivity index (χ1) is 8.83. The van der Waals surface area contributed by atoms with Crippen molar-refractivity contribution in [1.82, 2.24) is 0 Å². The van der Waals surface area contributed by atoms with E-state index in [1.165, 1.54) is 77.5 Å². The number of nitrogens with one attached hydrogen (secondary N) is 2. The Kier molecular flexibility index (Phi) is 4.25. The Morgan fingerprint density at radius 1 is 0.667 bits per heavy atom. The highest BCUT2D eigenvalue weighted by molar-refractivity contribution is 4.70. The second-order valence-corrected chi connectivity index (χ2v) is 7.27. The van der Waals surface area contributed by atoms with Crippen LogP contribution >= 0.6 is 0 Å². The van der Waals surface area contributed by atoms with Crippen LogP contribution in [0.4, 0.5) is 0 Å². The Bertz CT molecular complexity index is 252. The molecule has 0 radical (unpaired) electrons. The molecule has 2 atom stereocenters. The highest BCUT2D eigenvalue weighted by Gasteiger charge is 2.35. The summed E-state index contributed by atoms with van der Waals surface area (Å²) in [5.74, 6) is 0.997. The molecule has 0 spiro atoms. The van der Waals surface area contributed by atoms with Gasteiger partial charge in [-0.1, -0.05) is 13.3 Å². The third-order valence-corrected chi connectivity index (χ3v) is 5.98.